The summed E-state index contributed by atoms with van der Waals surface area (Å²) in [5, 5.41) is 1.50. The van der Waals surface area contributed by atoms with Gasteiger partial charge in [0.2, 0.25) is 15.6 Å². The van der Waals surface area contributed by atoms with Crippen molar-refractivity contribution in [3.63, 3.8) is 0 Å². The van der Waals surface area contributed by atoms with E-state index >= 15 is 0 Å². The van der Waals surface area contributed by atoms with Crippen LogP contribution in [0.2, 0.25) is 0 Å². The zero-order chi connectivity index (χ0) is 24.0. The molecule has 3 heterocycles. The van der Waals surface area contributed by atoms with Crippen LogP contribution < -0.4 is 5.56 Å². The van der Waals surface area contributed by atoms with E-state index in [-0.39, 0.29) is 16.4 Å². The number of aromatic nitrogens is 2. The Morgan fingerprint density at radius 1 is 1.00 bits per heavy atom. The quantitative estimate of drug-likeness (QED) is 0.459. The van der Waals surface area contributed by atoms with Crippen LogP contribution in [0.15, 0.2) is 58.2 Å². The topological polar surface area (TPSA) is 106 Å². The minimum Gasteiger partial charge on any atom is -0.358 e. The van der Waals surface area contributed by atoms with Gasteiger partial charge in [-0.1, -0.05) is 32.0 Å². The second-order valence-electron chi connectivity index (χ2n) is 8.45. The number of hydrogen-bond donors (Lipinski definition) is 2. The summed E-state index contributed by atoms with van der Waals surface area (Å²) in [6.45, 7) is 5.17. The molecule has 8 nitrogen and oxygen atoms in total. The highest BCUT2D eigenvalue weighted by Gasteiger charge is 2.27. The number of nitrogens with zero attached hydrogens (tertiary/aromatic N) is 2. The summed E-state index contributed by atoms with van der Waals surface area (Å²) >= 11 is 0. The van der Waals surface area contributed by atoms with Crippen LogP contribution in [-0.4, -0.2) is 53.1 Å². The molecular formula is C25H26N4O4S. The highest BCUT2D eigenvalue weighted by atomic mass is 32.2. The van der Waals surface area contributed by atoms with Gasteiger partial charge in [0.15, 0.2) is 0 Å². The predicted octanol–water partition coefficient (Wildman–Crippen LogP) is 3.24. The van der Waals surface area contributed by atoms with Crippen molar-refractivity contribution < 1.29 is 13.2 Å². The number of sulfonamides is 1. The van der Waals surface area contributed by atoms with Gasteiger partial charge in [0.05, 0.1) is 10.5 Å². The molecular weight excluding hydrogens is 452 g/mol. The lowest BCUT2D eigenvalue weighted by atomic mass is 10.0. The van der Waals surface area contributed by atoms with Gasteiger partial charge in [0.1, 0.15) is 0 Å². The SMILES string of the molecule is CCN(CC)S(=O)(=O)c1ccc2[nH]c(=O)cc(C(=O)N3CCc4[nH]c5ccccc5c4C3)c2c1. The maximum Gasteiger partial charge on any atom is 0.255 e. The summed E-state index contributed by atoms with van der Waals surface area (Å²) < 4.78 is 27.5. The number of pyridine rings is 1. The van der Waals surface area contributed by atoms with E-state index < -0.39 is 15.6 Å². The van der Waals surface area contributed by atoms with Crippen molar-refractivity contribution in [2.24, 2.45) is 0 Å². The average Bonchev–Trinajstić information content (AvgIpc) is 3.21. The second-order valence-corrected chi connectivity index (χ2v) is 10.4. The first-order chi connectivity index (χ1) is 16.3. The smallest absolute Gasteiger partial charge is 0.255 e. The van der Waals surface area contributed by atoms with Crippen LogP contribution in [0.4, 0.5) is 0 Å². The number of hydrogen-bond acceptors (Lipinski definition) is 4. The minimum absolute atomic E-state index is 0.0994. The van der Waals surface area contributed by atoms with Crippen molar-refractivity contribution in [1.29, 1.82) is 0 Å². The van der Waals surface area contributed by atoms with Crippen LogP contribution >= 0.6 is 0 Å². The molecule has 5 rings (SSSR count). The molecule has 176 valence electrons. The van der Waals surface area contributed by atoms with E-state index in [1.54, 1.807) is 24.8 Å². The molecule has 0 unspecified atom stereocenters. The summed E-state index contributed by atoms with van der Waals surface area (Å²) in [4.78, 5) is 34.0. The van der Waals surface area contributed by atoms with E-state index in [4.69, 9.17) is 0 Å². The largest absolute Gasteiger partial charge is 0.358 e. The summed E-state index contributed by atoms with van der Waals surface area (Å²) in [5.41, 5.74) is 3.47. The molecule has 0 radical (unpaired) electrons. The number of rotatable bonds is 5. The molecule has 0 spiro atoms. The summed E-state index contributed by atoms with van der Waals surface area (Å²) in [6, 6.07) is 13.8. The first kappa shape index (κ1) is 22.4. The van der Waals surface area contributed by atoms with Gasteiger partial charge >= 0.3 is 0 Å². The maximum atomic E-state index is 13.6. The zero-order valence-corrected chi connectivity index (χ0v) is 19.9. The second kappa shape index (κ2) is 8.41. The minimum atomic E-state index is -3.71. The lowest BCUT2D eigenvalue weighted by Crippen LogP contribution is -2.36. The summed E-state index contributed by atoms with van der Waals surface area (Å²) in [7, 11) is -3.71. The number of para-hydroxylation sites is 1. The molecule has 0 atom stereocenters. The molecule has 0 bridgehead atoms. The van der Waals surface area contributed by atoms with E-state index in [0.29, 0.717) is 43.5 Å². The number of nitrogens with one attached hydrogen (secondary N) is 2. The van der Waals surface area contributed by atoms with Crippen molar-refractivity contribution in [2.75, 3.05) is 19.6 Å². The van der Waals surface area contributed by atoms with Crippen LogP contribution in [0.1, 0.15) is 35.5 Å². The van der Waals surface area contributed by atoms with Crippen molar-refractivity contribution in [3.8, 4) is 0 Å². The third-order valence-electron chi connectivity index (χ3n) is 6.56. The molecule has 1 aliphatic rings. The molecule has 0 aliphatic carbocycles. The highest BCUT2D eigenvalue weighted by molar-refractivity contribution is 7.89. The number of amides is 1. The van der Waals surface area contributed by atoms with E-state index in [0.717, 1.165) is 22.2 Å². The van der Waals surface area contributed by atoms with E-state index in [1.807, 2.05) is 24.3 Å². The van der Waals surface area contributed by atoms with Gasteiger partial charge in [-0.25, -0.2) is 8.42 Å². The Morgan fingerprint density at radius 3 is 2.50 bits per heavy atom. The molecule has 1 amide bonds. The molecule has 1 aliphatic heterocycles. The number of fused-ring (bicyclic) bond motifs is 4. The Bertz CT molecular complexity index is 1580. The number of benzene rings is 2. The summed E-state index contributed by atoms with van der Waals surface area (Å²) in [5.74, 6) is -0.288. The van der Waals surface area contributed by atoms with Crippen molar-refractivity contribution >= 4 is 37.7 Å². The van der Waals surface area contributed by atoms with Gasteiger partial charge in [-0.2, -0.15) is 4.31 Å². The van der Waals surface area contributed by atoms with Crippen LogP contribution in [0.3, 0.4) is 0 Å². The fraction of sp³-hybridized carbons (Fsp3) is 0.280. The molecule has 9 heteroatoms. The Labute approximate surface area is 197 Å². The lowest BCUT2D eigenvalue weighted by molar-refractivity contribution is 0.0737. The van der Waals surface area contributed by atoms with Crippen LogP contribution in [0.5, 0.6) is 0 Å². The number of aromatic amines is 2. The predicted molar refractivity (Wildman–Crippen MR) is 131 cm³/mol. The molecule has 2 aromatic carbocycles. The molecule has 2 aromatic heterocycles. The molecule has 0 fully saturated rings. The number of H-pyrrole nitrogens is 2. The van der Waals surface area contributed by atoms with Crippen LogP contribution in [-0.2, 0) is 23.0 Å². The van der Waals surface area contributed by atoms with Gasteiger partial charge in [-0.15, -0.1) is 0 Å². The highest BCUT2D eigenvalue weighted by Crippen LogP contribution is 2.29. The van der Waals surface area contributed by atoms with Gasteiger partial charge in [0.25, 0.3) is 5.91 Å². The fourth-order valence-corrected chi connectivity index (χ4v) is 6.28. The maximum absolute atomic E-state index is 13.6. The van der Waals surface area contributed by atoms with Gasteiger partial charge < -0.3 is 14.9 Å². The Kier molecular flexibility index (Phi) is 5.53. The third-order valence-corrected chi connectivity index (χ3v) is 8.60. The van der Waals surface area contributed by atoms with E-state index in [9.17, 15) is 18.0 Å². The molecule has 0 saturated heterocycles. The monoisotopic (exact) mass is 478 g/mol. The average molecular weight is 479 g/mol. The van der Waals surface area contributed by atoms with Crippen molar-refractivity contribution in [2.45, 2.75) is 31.7 Å². The zero-order valence-electron chi connectivity index (χ0n) is 19.1. The van der Waals surface area contributed by atoms with Gasteiger partial charge in [-0.3, -0.25) is 9.59 Å². The van der Waals surface area contributed by atoms with Crippen LogP contribution in [0.25, 0.3) is 21.8 Å². The van der Waals surface area contributed by atoms with Gasteiger partial charge in [-0.05, 0) is 24.3 Å². The Morgan fingerprint density at radius 2 is 1.74 bits per heavy atom. The molecule has 0 saturated carbocycles. The van der Waals surface area contributed by atoms with E-state index in [1.165, 1.54) is 22.5 Å². The van der Waals surface area contributed by atoms with Crippen LogP contribution in [0, 0.1) is 0 Å². The first-order valence-corrected chi connectivity index (χ1v) is 12.8. The van der Waals surface area contributed by atoms with Crippen molar-refractivity contribution in [3.05, 3.63) is 75.7 Å². The van der Waals surface area contributed by atoms with E-state index in [2.05, 4.69) is 9.97 Å². The standard InChI is InChI=1S/C25H26N4O4S/c1-3-29(4-2)34(32,33)16-9-10-22-18(13-16)19(14-24(30)27-22)25(31)28-12-11-23-20(15-28)17-7-5-6-8-21(17)26-23/h5-10,13-14,26H,3-4,11-12,15H2,1-2H3,(H,27,30). The molecule has 4 aromatic rings. The molecule has 2 N–H and O–H groups in total. The van der Waals surface area contributed by atoms with Crippen molar-refractivity contribution in [1.82, 2.24) is 19.2 Å². The Balaban J connectivity index is 1.58. The normalized spacial score (nSPS) is 14.1. The molecule has 34 heavy (non-hydrogen) atoms. The third kappa shape index (κ3) is 3.61. The summed E-state index contributed by atoms with van der Waals surface area (Å²) in [6.07, 6.45) is 0.679. The van der Waals surface area contributed by atoms with Gasteiger partial charge in [0, 0.05) is 71.7 Å². The Hall–Kier alpha value is -3.43. The lowest BCUT2D eigenvalue weighted by Gasteiger charge is -2.28. The first-order valence-electron chi connectivity index (χ1n) is 11.4. The number of carbonyl (C=O) groups is 1. The number of carbonyl (C=O) groups excluding carboxylic acids is 1. The fourth-order valence-electron chi connectivity index (χ4n) is 4.79.